The molecule has 0 radical (unpaired) electrons. The smallest absolute Gasteiger partial charge is 0.243 e. The van der Waals surface area contributed by atoms with Gasteiger partial charge in [-0.2, -0.15) is 10.2 Å². The molecule has 0 aliphatic carbocycles. The van der Waals surface area contributed by atoms with Crippen molar-refractivity contribution in [3.8, 4) is 0 Å². The summed E-state index contributed by atoms with van der Waals surface area (Å²) in [6.07, 6.45) is 2.57. The largest absolute Gasteiger partial charge is 0.273 e. The molecule has 154 valence electrons. The van der Waals surface area contributed by atoms with Gasteiger partial charge in [-0.25, -0.2) is 18.5 Å². The van der Waals surface area contributed by atoms with Gasteiger partial charge >= 0.3 is 0 Å². The first kappa shape index (κ1) is 20.2. The van der Waals surface area contributed by atoms with Crippen molar-refractivity contribution < 1.29 is 13.6 Å². The molecule has 1 aromatic heterocycles. The van der Waals surface area contributed by atoms with Crippen LogP contribution in [0.3, 0.4) is 0 Å². The van der Waals surface area contributed by atoms with E-state index in [1.54, 1.807) is 10.9 Å². The van der Waals surface area contributed by atoms with Gasteiger partial charge in [-0.15, -0.1) is 0 Å². The molecule has 1 unspecified atom stereocenters. The number of benzene rings is 2. The number of carbonyl (C=O) groups is 1. The molecule has 0 N–H and O–H groups in total. The number of halogens is 3. The van der Waals surface area contributed by atoms with Crippen LogP contribution in [0.25, 0.3) is 10.9 Å². The summed E-state index contributed by atoms with van der Waals surface area (Å²) in [5.74, 6) is -1.60. The zero-order valence-corrected chi connectivity index (χ0v) is 16.8. The molecule has 30 heavy (non-hydrogen) atoms. The highest BCUT2D eigenvalue weighted by Gasteiger charge is 2.28. The third kappa shape index (κ3) is 4.11. The van der Waals surface area contributed by atoms with Gasteiger partial charge in [0.05, 0.1) is 18.1 Å². The first-order valence-electron chi connectivity index (χ1n) is 9.50. The van der Waals surface area contributed by atoms with Gasteiger partial charge in [-0.1, -0.05) is 35.9 Å². The fourth-order valence-electron chi connectivity index (χ4n) is 3.54. The maximum atomic E-state index is 13.6. The maximum Gasteiger partial charge on any atom is 0.243 e. The van der Waals surface area contributed by atoms with Crippen LogP contribution >= 0.6 is 11.6 Å². The predicted octanol–water partition coefficient (Wildman–Crippen LogP) is 5.26. The first-order valence-corrected chi connectivity index (χ1v) is 9.88. The van der Waals surface area contributed by atoms with Crippen molar-refractivity contribution in [1.29, 1.82) is 0 Å². The van der Waals surface area contributed by atoms with E-state index < -0.39 is 17.7 Å². The zero-order chi connectivity index (χ0) is 21.3. The molecule has 8 heteroatoms. The lowest BCUT2D eigenvalue weighted by Gasteiger charge is -2.22. The Balaban J connectivity index is 1.39. The van der Waals surface area contributed by atoms with Crippen LogP contribution in [0, 0.1) is 11.6 Å². The molecule has 2 aromatic carbocycles. The monoisotopic (exact) mass is 428 g/mol. The van der Waals surface area contributed by atoms with Crippen LogP contribution in [-0.4, -0.2) is 26.9 Å². The SMILES string of the molecule is C=C(CCC(=O)N1N=CCC1c1cc(F)cc(F)c1)Cn1nc2ccccc2c1Cl. The molecule has 4 rings (SSSR count). The molecule has 3 aromatic rings. The van der Waals surface area contributed by atoms with E-state index in [0.717, 1.165) is 22.5 Å². The molecule has 0 saturated heterocycles. The van der Waals surface area contributed by atoms with Crippen LogP contribution in [0.15, 0.2) is 59.7 Å². The molecule has 0 fully saturated rings. The molecule has 5 nitrogen and oxygen atoms in total. The van der Waals surface area contributed by atoms with Crippen molar-refractivity contribution >= 4 is 34.6 Å². The van der Waals surface area contributed by atoms with Gasteiger partial charge in [-0.05, 0) is 36.2 Å². The minimum atomic E-state index is -0.679. The number of allylic oxidation sites excluding steroid dienone is 1. The lowest BCUT2D eigenvalue weighted by atomic mass is 10.0. The summed E-state index contributed by atoms with van der Waals surface area (Å²) < 4.78 is 28.8. The highest BCUT2D eigenvalue weighted by atomic mass is 35.5. The van der Waals surface area contributed by atoms with E-state index >= 15 is 0 Å². The van der Waals surface area contributed by atoms with Gasteiger partial charge < -0.3 is 0 Å². The zero-order valence-electron chi connectivity index (χ0n) is 16.1. The van der Waals surface area contributed by atoms with Crippen molar-refractivity contribution in [1.82, 2.24) is 14.8 Å². The standard InChI is InChI=1S/C22H19ClF2N4O/c1-14(13-28-22(23)18-4-2-3-5-19(18)27-28)6-7-21(30)29-20(8-9-26-29)15-10-16(24)12-17(25)11-15/h2-5,9-12,20H,1,6-8,13H2. The van der Waals surface area contributed by atoms with Crippen molar-refractivity contribution in [2.45, 2.75) is 31.8 Å². The number of fused-ring (bicyclic) bond motifs is 1. The average Bonchev–Trinajstić information content (AvgIpc) is 3.31. The fraction of sp³-hybridized carbons (Fsp3) is 0.227. The van der Waals surface area contributed by atoms with Crippen LogP contribution in [-0.2, 0) is 11.3 Å². The Bertz CT molecular complexity index is 1140. The van der Waals surface area contributed by atoms with Crippen molar-refractivity contribution in [2.24, 2.45) is 5.10 Å². The lowest BCUT2D eigenvalue weighted by Crippen LogP contribution is -2.27. The Morgan fingerprint density at radius 3 is 2.63 bits per heavy atom. The van der Waals surface area contributed by atoms with Gasteiger partial charge in [0.25, 0.3) is 0 Å². The molecule has 1 aliphatic rings. The minimum Gasteiger partial charge on any atom is -0.273 e. The van der Waals surface area contributed by atoms with E-state index in [1.807, 2.05) is 24.3 Å². The number of amides is 1. The third-order valence-electron chi connectivity index (χ3n) is 5.00. The second-order valence-corrected chi connectivity index (χ2v) is 7.56. The van der Waals surface area contributed by atoms with Crippen LogP contribution < -0.4 is 0 Å². The van der Waals surface area contributed by atoms with Crippen molar-refractivity contribution in [2.75, 3.05) is 0 Å². The van der Waals surface area contributed by atoms with Gasteiger partial charge in [0.15, 0.2) is 0 Å². The number of carbonyl (C=O) groups excluding carboxylic acids is 1. The van der Waals surface area contributed by atoms with Crippen LogP contribution in [0.2, 0.25) is 5.15 Å². The molecule has 1 amide bonds. The summed E-state index contributed by atoms with van der Waals surface area (Å²) in [6.45, 7) is 4.42. The quantitative estimate of drug-likeness (QED) is 0.502. The molecular weight excluding hydrogens is 410 g/mol. The number of hydrogen-bond donors (Lipinski definition) is 0. The Labute approximate surface area is 177 Å². The number of hydrazone groups is 1. The van der Waals surface area contributed by atoms with E-state index in [-0.39, 0.29) is 12.3 Å². The third-order valence-corrected chi connectivity index (χ3v) is 5.40. The van der Waals surface area contributed by atoms with Crippen LogP contribution in [0.5, 0.6) is 0 Å². The minimum absolute atomic E-state index is 0.170. The Kier molecular flexibility index (Phi) is 5.63. The Morgan fingerprint density at radius 1 is 1.17 bits per heavy atom. The molecule has 1 atom stereocenters. The van der Waals surface area contributed by atoms with Gasteiger partial charge in [0.1, 0.15) is 16.8 Å². The number of hydrogen-bond acceptors (Lipinski definition) is 3. The summed E-state index contributed by atoms with van der Waals surface area (Å²) in [5, 5.41) is 11.2. The lowest BCUT2D eigenvalue weighted by molar-refractivity contribution is -0.133. The first-order chi connectivity index (χ1) is 14.4. The number of rotatable bonds is 6. The highest BCUT2D eigenvalue weighted by Crippen LogP contribution is 2.30. The van der Waals surface area contributed by atoms with E-state index in [1.165, 1.54) is 17.1 Å². The van der Waals surface area contributed by atoms with Crippen molar-refractivity contribution in [3.63, 3.8) is 0 Å². The summed E-state index contributed by atoms with van der Waals surface area (Å²) in [4.78, 5) is 12.7. The molecular formula is C22H19ClF2N4O. The summed E-state index contributed by atoms with van der Waals surface area (Å²) in [5.41, 5.74) is 1.96. The summed E-state index contributed by atoms with van der Waals surface area (Å²) >= 11 is 6.38. The molecule has 1 aliphatic heterocycles. The van der Waals surface area contributed by atoms with Crippen LogP contribution in [0.4, 0.5) is 8.78 Å². The van der Waals surface area contributed by atoms with E-state index in [9.17, 15) is 13.6 Å². The summed E-state index contributed by atoms with van der Waals surface area (Å²) in [7, 11) is 0. The Hall–Kier alpha value is -3.06. The van der Waals surface area contributed by atoms with Gasteiger partial charge in [-0.3, -0.25) is 4.79 Å². The molecule has 0 spiro atoms. The highest BCUT2D eigenvalue weighted by molar-refractivity contribution is 6.34. The average molecular weight is 429 g/mol. The molecule has 0 saturated carbocycles. The normalized spacial score (nSPS) is 15.8. The van der Waals surface area contributed by atoms with E-state index in [0.29, 0.717) is 30.1 Å². The van der Waals surface area contributed by atoms with Crippen LogP contribution in [0.1, 0.15) is 30.9 Å². The second kappa shape index (κ2) is 8.36. The molecule has 2 heterocycles. The predicted molar refractivity (Wildman–Crippen MR) is 112 cm³/mol. The number of nitrogens with zero attached hydrogens (tertiary/aromatic N) is 4. The topological polar surface area (TPSA) is 50.5 Å². The molecule has 0 bridgehead atoms. The van der Waals surface area contributed by atoms with Gasteiger partial charge in [0.2, 0.25) is 5.91 Å². The fourth-order valence-corrected chi connectivity index (χ4v) is 3.80. The van der Waals surface area contributed by atoms with E-state index in [4.69, 9.17) is 11.6 Å². The Morgan fingerprint density at radius 2 is 1.90 bits per heavy atom. The summed E-state index contributed by atoms with van der Waals surface area (Å²) in [6, 6.07) is 10.3. The second-order valence-electron chi connectivity index (χ2n) is 7.21. The van der Waals surface area contributed by atoms with E-state index in [2.05, 4.69) is 16.8 Å². The number of aromatic nitrogens is 2. The van der Waals surface area contributed by atoms with Gasteiger partial charge in [0, 0.05) is 30.5 Å². The maximum absolute atomic E-state index is 13.6. The van der Waals surface area contributed by atoms with Crippen molar-refractivity contribution in [3.05, 3.63) is 77.0 Å².